The molecule has 1 saturated carbocycles. The first kappa shape index (κ1) is 12.9. The van der Waals surface area contributed by atoms with Crippen LogP contribution in [-0.2, 0) is 11.2 Å². The van der Waals surface area contributed by atoms with Gasteiger partial charge >= 0.3 is 0 Å². The lowest BCUT2D eigenvalue weighted by molar-refractivity contribution is 0.197. The lowest BCUT2D eigenvalue weighted by Crippen LogP contribution is -2.28. The van der Waals surface area contributed by atoms with Crippen molar-refractivity contribution in [3.05, 3.63) is 34.9 Å². The molecule has 2 rings (SSSR count). The zero-order valence-corrected chi connectivity index (χ0v) is 11.1. The van der Waals surface area contributed by atoms with Crippen LogP contribution in [0.5, 0.6) is 0 Å². The van der Waals surface area contributed by atoms with Crippen molar-refractivity contribution < 1.29 is 4.74 Å². The minimum Gasteiger partial charge on any atom is -0.383 e. The van der Waals surface area contributed by atoms with Crippen molar-refractivity contribution in [2.24, 2.45) is 5.41 Å². The van der Waals surface area contributed by atoms with E-state index in [1.165, 1.54) is 18.4 Å². The van der Waals surface area contributed by atoms with Crippen molar-refractivity contribution in [1.82, 2.24) is 5.32 Å². The Morgan fingerprint density at radius 3 is 2.76 bits per heavy atom. The molecule has 1 aromatic carbocycles. The third-order valence-corrected chi connectivity index (χ3v) is 3.83. The van der Waals surface area contributed by atoms with Gasteiger partial charge in [0.25, 0.3) is 0 Å². The molecule has 0 aliphatic heterocycles. The van der Waals surface area contributed by atoms with Crippen LogP contribution in [0.4, 0.5) is 0 Å². The average molecular weight is 254 g/mol. The first-order valence-electron chi connectivity index (χ1n) is 6.19. The quantitative estimate of drug-likeness (QED) is 0.755. The minimum absolute atomic E-state index is 0.443. The van der Waals surface area contributed by atoms with Crippen LogP contribution < -0.4 is 5.32 Å². The topological polar surface area (TPSA) is 21.3 Å². The van der Waals surface area contributed by atoms with Gasteiger partial charge in [-0.1, -0.05) is 29.8 Å². The molecule has 0 atom stereocenters. The lowest BCUT2D eigenvalue weighted by Gasteiger charge is -2.16. The average Bonchev–Trinajstić information content (AvgIpc) is 3.08. The van der Waals surface area contributed by atoms with Crippen LogP contribution in [0.25, 0.3) is 0 Å². The predicted molar refractivity (Wildman–Crippen MR) is 71.6 cm³/mol. The maximum Gasteiger partial charge on any atom is 0.0587 e. The van der Waals surface area contributed by atoms with E-state index < -0.39 is 0 Å². The molecular formula is C14H20ClNO. The number of methoxy groups -OCH3 is 1. The van der Waals surface area contributed by atoms with Gasteiger partial charge in [0, 0.05) is 25.2 Å². The maximum absolute atomic E-state index is 6.20. The van der Waals surface area contributed by atoms with Crippen LogP contribution >= 0.6 is 11.6 Å². The highest BCUT2D eigenvalue weighted by molar-refractivity contribution is 6.31. The lowest BCUT2D eigenvalue weighted by atomic mass is 9.96. The van der Waals surface area contributed by atoms with Gasteiger partial charge in [-0.2, -0.15) is 0 Å². The summed E-state index contributed by atoms with van der Waals surface area (Å²) in [5.41, 5.74) is 1.72. The van der Waals surface area contributed by atoms with E-state index in [0.29, 0.717) is 5.41 Å². The second kappa shape index (κ2) is 5.85. The summed E-state index contributed by atoms with van der Waals surface area (Å²) in [5, 5.41) is 4.36. The molecule has 2 nitrogen and oxygen atoms in total. The van der Waals surface area contributed by atoms with E-state index in [9.17, 15) is 0 Å². The SMILES string of the molecule is COCCNCC1(Cc2ccccc2Cl)CC1. The Bertz CT molecular complexity index is 363. The molecule has 3 heteroatoms. The van der Waals surface area contributed by atoms with E-state index in [2.05, 4.69) is 17.4 Å². The normalized spacial score (nSPS) is 17.1. The highest BCUT2D eigenvalue weighted by Crippen LogP contribution is 2.48. The van der Waals surface area contributed by atoms with Gasteiger partial charge < -0.3 is 10.1 Å². The van der Waals surface area contributed by atoms with E-state index in [1.807, 2.05) is 12.1 Å². The number of nitrogens with one attached hydrogen (secondary N) is 1. The van der Waals surface area contributed by atoms with Gasteiger partial charge in [-0.25, -0.2) is 0 Å². The number of hydrogen-bond donors (Lipinski definition) is 1. The van der Waals surface area contributed by atoms with E-state index in [1.54, 1.807) is 7.11 Å². The molecule has 1 fully saturated rings. The third-order valence-electron chi connectivity index (χ3n) is 3.46. The Labute approximate surface area is 108 Å². The first-order chi connectivity index (χ1) is 8.26. The third kappa shape index (κ3) is 3.70. The fourth-order valence-corrected chi connectivity index (χ4v) is 2.37. The van der Waals surface area contributed by atoms with Crippen LogP contribution in [0.3, 0.4) is 0 Å². The smallest absolute Gasteiger partial charge is 0.0587 e. The molecule has 94 valence electrons. The molecule has 0 radical (unpaired) electrons. The Morgan fingerprint density at radius 2 is 2.12 bits per heavy atom. The molecule has 1 aromatic rings. The second-order valence-electron chi connectivity index (χ2n) is 4.94. The Balaban J connectivity index is 1.84. The highest BCUT2D eigenvalue weighted by atomic mass is 35.5. The molecule has 1 aliphatic rings. The molecule has 0 spiro atoms. The predicted octanol–water partition coefficient (Wildman–Crippen LogP) is 2.90. The molecule has 0 amide bonds. The standard InChI is InChI=1S/C14H20ClNO/c1-17-9-8-16-11-14(6-7-14)10-12-4-2-3-5-13(12)15/h2-5,16H,6-11H2,1H3. The highest BCUT2D eigenvalue weighted by Gasteiger charge is 2.42. The summed E-state index contributed by atoms with van der Waals surface area (Å²) in [7, 11) is 1.73. The fourth-order valence-electron chi connectivity index (χ4n) is 2.17. The van der Waals surface area contributed by atoms with Crippen LogP contribution in [0.2, 0.25) is 5.02 Å². The summed E-state index contributed by atoms with van der Waals surface area (Å²) in [5.74, 6) is 0. The van der Waals surface area contributed by atoms with Gasteiger partial charge in [-0.05, 0) is 36.3 Å². The Kier molecular flexibility index (Phi) is 4.43. The van der Waals surface area contributed by atoms with Gasteiger partial charge in [-0.3, -0.25) is 0 Å². The molecule has 17 heavy (non-hydrogen) atoms. The molecular weight excluding hydrogens is 234 g/mol. The maximum atomic E-state index is 6.20. The van der Waals surface area contributed by atoms with Gasteiger partial charge in [0.05, 0.1) is 6.61 Å². The van der Waals surface area contributed by atoms with Crippen LogP contribution in [0.15, 0.2) is 24.3 Å². The number of halogens is 1. The first-order valence-corrected chi connectivity index (χ1v) is 6.57. The Hall–Kier alpha value is -0.570. The number of ether oxygens (including phenoxy) is 1. The van der Waals surface area contributed by atoms with Crippen molar-refractivity contribution in [3.8, 4) is 0 Å². The van der Waals surface area contributed by atoms with Gasteiger partial charge in [0.2, 0.25) is 0 Å². The van der Waals surface area contributed by atoms with Crippen LogP contribution in [0.1, 0.15) is 18.4 Å². The second-order valence-corrected chi connectivity index (χ2v) is 5.34. The van der Waals surface area contributed by atoms with Crippen molar-refractivity contribution in [1.29, 1.82) is 0 Å². The van der Waals surface area contributed by atoms with Crippen molar-refractivity contribution in [2.75, 3.05) is 26.8 Å². The molecule has 0 heterocycles. The summed E-state index contributed by atoms with van der Waals surface area (Å²) >= 11 is 6.20. The molecule has 1 N–H and O–H groups in total. The molecule has 1 aliphatic carbocycles. The molecule has 0 unspecified atom stereocenters. The number of benzene rings is 1. The van der Waals surface area contributed by atoms with E-state index >= 15 is 0 Å². The summed E-state index contributed by atoms with van der Waals surface area (Å²) in [6.07, 6.45) is 3.70. The zero-order chi connectivity index (χ0) is 12.1. The largest absolute Gasteiger partial charge is 0.383 e. The summed E-state index contributed by atoms with van der Waals surface area (Å²) in [4.78, 5) is 0. The minimum atomic E-state index is 0.443. The zero-order valence-electron chi connectivity index (χ0n) is 10.3. The number of hydrogen-bond acceptors (Lipinski definition) is 2. The van der Waals surface area contributed by atoms with E-state index in [-0.39, 0.29) is 0 Å². The fraction of sp³-hybridized carbons (Fsp3) is 0.571. The van der Waals surface area contributed by atoms with Crippen molar-refractivity contribution in [3.63, 3.8) is 0 Å². The van der Waals surface area contributed by atoms with Crippen molar-refractivity contribution in [2.45, 2.75) is 19.3 Å². The monoisotopic (exact) mass is 253 g/mol. The van der Waals surface area contributed by atoms with Gasteiger partial charge in [-0.15, -0.1) is 0 Å². The van der Waals surface area contributed by atoms with Crippen molar-refractivity contribution >= 4 is 11.6 Å². The molecule has 0 bridgehead atoms. The van der Waals surface area contributed by atoms with Gasteiger partial charge in [0.15, 0.2) is 0 Å². The molecule has 0 aromatic heterocycles. The van der Waals surface area contributed by atoms with Crippen LogP contribution in [0, 0.1) is 5.41 Å². The number of rotatable bonds is 7. The van der Waals surface area contributed by atoms with E-state index in [4.69, 9.17) is 16.3 Å². The van der Waals surface area contributed by atoms with E-state index in [0.717, 1.165) is 31.1 Å². The summed E-state index contributed by atoms with van der Waals surface area (Å²) in [6, 6.07) is 8.17. The van der Waals surface area contributed by atoms with Crippen LogP contribution in [-0.4, -0.2) is 26.8 Å². The Morgan fingerprint density at radius 1 is 1.35 bits per heavy atom. The summed E-state index contributed by atoms with van der Waals surface area (Å²) in [6.45, 7) is 2.78. The van der Waals surface area contributed by atoms with Gasteiger partial charge in [0.1, 0.15) is 0 Å². The summed E-state index contributed by atoms with van der Waals surface area (Å²) < 4.78 is 5.03. The molecule has 0 saturated heterocycles.